The normalized spacial score (nSPS) is 16.2. The highest BCUT2D eigenvalue weighted by molar-refractivity contribution is 5.49. The fourth-order valence-corrected chi connectivity index (χ4v) is 2.22. The zero-order valence-corrected chi connectivity index (χ0v) is 9.92. The Labute approximate surface area is 99.3 Å². The van der Waals surface area contributed by atoms with Gasteiger partial charge in [-0.2, -0.15) is 4.99 Å². The first-order valence-electron chi connectivity index (χ1n) is 5.63. The van der Waals surface area contributed by atoms with Crippen molar-refractivity contribution in [2.24, 2.45) is 4.99 Å². The highest BCUT2D eigenvalue weighted by Crippen LogP contribution is 2.51. The topological polar surface area (TPSA) is 38.7 Å². The largest absolute Gasteiger partial charge is 0.496 e. The van der Waals surface area contributed by atoms with E-state index in [0.29, 0.717) is 5.75 Å². The molecule has 0 amide bonds. The molecule has 0 spiro atoms. The lowest BCUT2D eigenvalue weighted by Crippen LogP contribution is -2.09. The van der Waals surface area contributed by atoms with E-state index in [1.807, 2.05) is 6.92 Å². The molecule has 17 heavy (non-hydrogen) atoms. The van der Waals surface area contributed by atoms with Crippen molar-refractivity contribution in [2.45, 2.75) is 31.7 Å². The van der Waals surface area contributed by atoms with Gasteiger partial charge in [-0.3, -0.25) is 0 Å². The fraction of sp³-hybridized carbons (Fsp3) is 0.462. The second-order valence-corrected chi connectivity index (χ2v) is 4.22. The molecule has 0 saturated heterocycles. The molecule has 1 aliphatic rings. The Morgan fingerprint density at radius 3 is 2.71 bits per heavy atom. The summed E-state index contributed by atoms with van der Waals surface area (Å²) >= 11 is 0. The van der Waals surface area contributed by atoms with Crippen LogP contribution in [0.5, 0.6) is 5.75 Å². The average Bonchev–Trinajstić information content (AvgIpc) is 3.09. The van der Waals surface area contributed by atoms with Crippen LogP contribution in [0.2, 0.25) is 0 Å². The molecule has 3 nitrogen and oxygen atoms in total. The van der Waals surface area contributed by atoms with Gasteiger partial charge in [0.1, 0.15) is 11.6 Å². The molecular formula is C13H14FNO2. The molecule has 1 saturated carbocycles. The van der Waals surface area contributed by atoms with Crippen molar-refractivity contribution in [3.05, 3.63) is 29.1 Å². The summed E-state index contributed by atoms with van der Waals surface area (Å²) in [7, 11) is 1.51. The molecule has 1 aliphatic carbocycles. The number of halogens is 1. The first kappa shape index (κ1) is 11.8. The summed E-state index contributed by atoms with van der Waals surface area (Å²) in [5, 5.41) is 0. The number of methoxy groups -OCH3 is 1. The van der Waals surface area contributed by atoms with Gasteiger partial charge < -0.3 is 4.74 Å². The van der Waals surface area contributed by atoms with Crippen molar-refractivity contribution in [3.8, 4) is 5.75 Å². The van der Waals surface area contributed by atoms with Crippen LogP contribution in [0.1, 0.15) is 30.9 Å². The number of carbonyl (C=O) groups excluding carboxylic acids is 1. The van der Waals surface area contributed by atoms with Gasteiger partial charge >= 0.3 is 0 Å². The maximum absolute atomic E-state index is 13.5. The molecule has 1 fully saturated rings. The van der Waals surface area contributed by atoms with Crippen LogP contribution in [0.4, 0.5) is 4.39 Å². The van der Waals surface area contributed by atoms with E-state index < -0.39 is 5.54 Å². The third kappa shape index (κ3) is 1.96. The summed E-state index contributed by atoms with van der Waals surface area (Å²) in [6.07, 6.45) is 3.84. The number of rotatable bonds is 4. The minimum atomic E-state index is -0.553. The number of hydrogen-bond donors (Lipinski definition) is 0. The molecule has 0 N–H and O–H groups in total. The molecule has 0 aromatic heterocycles. The molecule has 90 valence electrons. The van der Waals surface area contributed by atoms with Crippen LogP contribution in [0.3, 0.4) is 0 Å². The van der Waals surface area contributed by atoms with Gasteiger partial charge in [0.25, 0.3) is 0 Å². The third-order valence-corrected chi connectivity index (χ3v) is 3.23. The van der Waals surface area contributed by atoms with E-state index in [2.05, 4.69) is 4.99 Å². The van der Waals surface area contributed by atoms with E-state index >= 15 is 0 Å². The van der Waals surface area contributed by atoms with Gasteiger partial charge in [-0.15, -0.1) is 0 Å². The van der Waals surface area contributed by atoms with E-state index in [1.165, 1.54) is 19.2 Å². The van der Waals surface area contributed by atoms with Crippen molar-refractivity contribution in [2.75, 3.05) is 7.11 Å². The first-order chi connectivity index (χ1) is 8.16. The zero-order chi connectivity index (χ0) is 12.5. The van der Waals surface area contributed by atoms with Crippen molar-refractivity contribution in [3.63, 3.8) is 0 Å². The molecule has 1 aromatic carbocycles. The quantitative estimate of drug-likeness (QED) is 0.594. The lowest BCUT2D eigenvalue weighted by Gasteiger charge is -2.16. The maximum Gasteiger partial charge on any atom is 0.235 e. The average molecular weight is 235 g/mol. The van der Waals surface area contributed by atoms with Gasteiger partial charge in [0.2, 0.25) is 6.08 Å². The lowest BCUT2D eigenvalue weighted by atomic mass is 9.96. The van der Waals surface area contributed by atoms with Crippen LogP contribution >= 0.6 is 0 Å². The van der Waals surface area contributed by atoms with Gasteiger partial charge in [0.15, 0.2) is 0 Å². The SMILES string of the molecule is CCc1c(OC)cc(F)cc1C1(N=C=O)CC1. The van der Waals surface area contributed by atoms with E-state index in [1.54, 1.807) is 6.08 Å². The predicted molar refractivity (Wildman–Crippen MR) is 61.4 cm³/mol. The molecule has 1 aromatic rings. The van der Waals surface area contributed by atoms with Crippen LogP contribution in [0.25, 0.3) is 0 Å². The molecule has 0 heterocycles. The van der Waals surface area contributed by atoms with Crippen LogP contribution in [-0.4, -0.2) is 13.2 Å². The Bertz CT molecular complexity index is 488. The first-order valence-corrected chi connectivity index (χ1v) is 5.63. The Morgan fingerprint density at radius 2 is 2.24 bits per heavy atom. The zero-order valence-electron chi connectivity index (χ0n) is 9.92. The molecule has 0 atom stereocenters. The second kappa shape index (κ2) is 4.30. The van der Waals surface area contributed by atoms with Crippen LogP contribution in [-0.2, 0) is 16.8 Å². The van der Waals surface area contributed by atoms with Crippen molar-refractivity contribution in [1.82, 2.24) is 0 Å². The van der Waals surface area contributed by atoms with Gasteiger partial charge in [-0.05, 0) is 36.5 Å². The fourth-order valence-electron chi connectivity index (χ4n) is 2.22. The smallest absolute Gasteiger partial charge is 0.235 e. The van der Waals surface area contributed by atoms with E-state index in [9.17, 15) is 9.18 Å². The summed E-state index contributed by atoms with van der Waals surface area (Å²) in [4.78, 5) is 14.3. The molecule has 0 aliphatic heterocycles. The summed E-state index contributed by atoms with van der Waals surface area (Å²) in [6.45, 7) is 1.97. The maximum atomic E-state index is 13.5. The van der Waals surface area contributed by atoms with Crippen molar-refractivity contribution < 1.29 is 13.9 Å². The van der Waals surface area contributed by atoms with Crippen molar-refractivity contribution >= 4 is 6.08 Å². The Hall–Kier alpha value is -1.67. The van der Waals surface area contributed by atoms with Gasteiger partial charge in [-0.25, -0.2) is 9.18 Å². The second-order valence-electron chi connectivity index (χ2n) is 4.22. The molecule has 0 bridgehead atoms. The monoisotopic (exact) mass is 235 g/mol. The summed E-state index contributed by atoms with van der Waals surface area (Å²) in [5.74, 6) is 0.163. The Morgan fingerprint density at radius 1 is 1.53 bits per heavy atom. The summed E-state index contributed by atoms with van der Waals surface area (Å²) < 4.78 is 18.7. The Kier molecular flexibility index (Phi) is 2.99. The standard InChI is InChI=1S/C13H14FNO2/c1-3-10-11(13(4-5-13)15-8-16)6-9(14)7-12(10)17-2/h6-7H,3-5H2,1-2H3. The van der Waals surface area contributed by atoms with Crippen molar-refractivity contribution in [1.29, 1.82) is 0 Å². The number of nitrogens with zero attached hydrogens (tertiary/aromatic N) is 1. The number of ether oxygens (including phenoxy) is 1. The van der Waals surface area contributed by atoms with Gasteiger partial charge in [0, 0.05) is 6.07 Å². The van der Waals surface area contributed by atoms with Gasteiger partial charge in [0.05, 0.1) is 12.6 Å². The third-order valence-electron chi connectivity index (χ3n) is 3.23. The number of aliphatic imine (C=N–C) groups is 1. The van der Waals surface area contributed by atoms with Crippen LogP contribution < -0.4 is 4.74 Å². The minimum absolute atomic E-state index is 0.360. The van der Waals surface area contributed by atoms with Gasteiger partial charge in [-0.1, -0.05) is 6.92 Å². The predicted octanol–water partition coefficient (Wildman–Crippen LogP) is 2.72. The highest BCUT2D eigenvalue weighted by atomic mass is 19.1. The van der Waals surface area contributed by atoms with E-state index in [-0.39, 0.29) is 5.82 Å². The van der Waals surface area contributed by atoms with E-state index in [4.69, 9.17) is 4.74 Å². The molecular weight excluding hydrogens is 221 g/mol. The Balaban J connectivity index is 2.60. The number of isocyanates is 1. The lowest BCUT2D eigenvalue weighted by molar-refractivity contribution is 0.404. The summed E-state index contributed by atoms with van der Waals surface area (Å²) in [6, 6.07) is 2.82. The molecule has 4 heteroatoms. The molecule has 0 radical (unpaired) electrons. The van der Waals surface area contributed by atoms with Crippen LogP contribution in [0, 0.1) is 5.82 Å². The number of hydrogen-bond acceptors (Lipinski definition) is 3. The molecule has 0 unspecified atom stereocenters. The van der Waals surface area contributed by atoms with Crippen LogP contribution in [0.15, 0.2) is 17.1 Å². The minimum Gasteiger partial charge on any atom is -0.496 e. The molecule has 2 rings (SSSR count). The highest BCUT2D eigenvalue weighted by Gasteiger charge is 2.46. The number of benzene rings is 1. The summed E-state index contributed by atoms with van der Waals surface area (Å²) in [5.41, 5.74) is 1.13. The van der Waals surface area contributed by atoms with E-state index in [0.717, 1.165) is 30.4 Å².